The molecule has 0 amide bonds. The summed E-state index contributed by atoms with van der Waals surface area (Å²) in [6.07, 6.45) is 0. The van der Waals surface area contributed by atoms with Gasteiger partial charge in [0.15, 0.2) is 0 Å². The Kier molecular flexibility index (Phi) is 4.10. The molecule has 0 radical (unpaired) electrons. The molecule has 0 atom stereocenters. The van der Waals surface area contributed by atoms with Crippen molar-refractivity contribution in [2.24, 2.45) is 0 Å². The highest BCUT2D eigenvalue weighted by molar-refractivity contribution is 9.10. The number of methoxy groups -OCH3 is 1. The second kappa shape index (κ2) is 5.78. The lowest BCUT2D eigenvalue weighted by Crippen LogP contribution is -1.96. The van der Waals surface area contributed by atoms with E-state index in [2.05, 4.69) is 15.9 Å². The highest BCUT2D eigenvalue weighted by atomic mass is 79.9. The van der Waals surface area contributed by atoms with Crippen LogP contribution in [-0.2, 0) is 6.61 Å². The third-order valence-electron chi connectivity index (χ3n) is 2.48. The molecule has 3 nitrogen and oxygen atoms in total. The van der Waals surface area contributed by atoms with Gasteiger partial charge in [0, 0.05) is 16.1 Å². The molecule has 94 valence electrons. The number of ether oxygens (including phenoxy) is 2. The van der Waals surface area contributed by atoms with Gasteiger partial charge in [-0.25, -0.2) is 0 Å². The first-order chi connectivity index (χ1) is 8.69. The Morgan fingerprint density at radius 2 is 1.94 bits per heavy atom. The molecule has 0 aromatic heterocycles. The van der Waals surface area contributed by atoms with E-state index in [9.17, 15) is 5.11 Å². The molecule has 0 aliphatic carbocycles. The van der Waals surface area contributed by atoms with E-state index in [1.165, 1.54) is 0 Å². The van der Waals surface area contributed by atoms with Crippen LogP contribution >= 0.6 is 15.9 Å². The zero-order chi connectivity index (χ0) is 13.0. The third-order valence-corrected chi connectivity index (χ3v) is 2.98. The van der Waals surface area contributed by atoms with Crippen LogP contribution in [0.3, 0.4) is 0 Å². The van der Waals surface area contributed by atoms with E-state index in [4.69, 9.17) is 9.47 Å². The highest BCUT2D eigenvalue weighted by Crippen LogP contribution is 2.25. The van der Waals surface area contributed by atoms with Crippen LogP contribution in [0, 0.1) is 0 Å². The normalized spacial score (nSPS) is 10.1. The van der Waals surface area contributed by atoms with Crippen molar-refractivity contribution in [3.8, 4) is 17.2 Å². The molecule has 0 spiro atoms. The van der Waals surface area contributed by atoms with Gasteiger partial charge in [-0.15, -0.1) is 0 Å². The first kappa shape index (κ1) is 12.8. The molecule has 0 saturated carbocycles. The summed E-state index contributed by atoms with van der Waals surface area (Å²) >= 11 is 3.38. The molecule has 0 fully saturated rings. The Bertz CT molecular complexity index is 540. The van der Waals surface area contributed by atoms with Gasteiger partial charge >= 0.3 is 0 Å². The third kappa shape index (κ3) is 3.17. The smallest absolute Gasteiger partial charge is 0.125 e. The van der Waals surface area contributed by atoms with Crippen LogP contribution in [-0.4, -0.2) is 12.2 Å². The van der Waals surface area contributed by atoms with Crippen LogP contribution in [0.5, 0.6) is 17.2 Å². The van der Waals surface area contributed by atoms with E-state index in [0.29, 0.717) is 12.4 Å². The summed E-state index contributed by atoms with van der Waals surface area (Å²) in [6.45, 7) is 0.312. The lowest BCUT2D eigenvalue weighted by Gasteiger charge is -2.09. The predicted molar refractivity (Wildman–Crippen MR) is 73.1 cm³/mol. The molecule has 2 aromatic rings. The SMILES string of the molecule is COc1ccc(COc2cccc(Br)c2)c(O)c1. The number of halogens is 1. The molecular weight excluding hydrogens is 296 g/mol. The molecule has 0 heterocycles. The number of rotatable bonds is 4. The van der Waals surface area contributed by atoms with Crippen molar-refractivity contribution in [3.05, 3.63) is 52.5 Å². The molecule has 2 aromatic carbocycles. The van der Waals surface area contributed by atoms with E-state index in [-0.39, 0.29) is 5.75 Å². The largest absolute Gasteiger partial charge is 0.507 e. The number of phenolic OH excluding ortho intramolecular Hbond substituents is 1. The zero-order valence-corrected chi connectivity index (χ0v) is 11.5. The number of hydrogen-bond donors (Lipinski definition) is 1. The number of benzene rings is 2. The van der Waals surface area contributed by atoms with Crippen molar-refractivity contribution in [2.45, 2.75) is 6.61 Å². The number of phenols is 1. The monoisotopic (exact) mass is 308 g/mol. The van der Waals surface area contributed by atoms with E-state index in [1.54, 1.807) is 25.3 Å². The fourth-order valence-electron chi connectivity index (χ4n) is 1.51. The van der Waals surface area contributed by atoms with E-state index in [0.717, 1.165) is 15.8 Å². The van der Waals surface area contributed by atoms with Gasteiger partial charge in [-0.2, -0.15) is 0 Å². The molecule has 0 unspecified atom stereocenters. The summed E-state index contributed by atoms with van der Waals surface area (Å²) in [7, 11) is 1.56. The predicted octanol–water partition coefficient (Wildman–Crippen LogP) is 3.74. The topological polar surface area (TPSA) is 38.7 Å². The van der Waals surface area contributed by atoms with Gasteiger partial charge in [0.1, 0.15) is 23.9 Å². The molecular formula is C14H13BrO3. The van der Waals surface area contributed by atoms with Gasteiger partial charge in [0.2, 0.25) is 0 Å². The Labute approximate surface area is 114 Å². The van der Waals surface area contributed by atoms with Crippen molar-refractivity contribution in [3.63, 3.8) is 0 Å². The summed E-state index contributed by atoms with van der Waals surface area (Å²) < 4.78 is 11.6. The number of aromatic hydroxyl groups is 1. The number of hydrogen-bond acceptors (Lipinski definition) is 3. The van der Waals surface area contributed by atoms with Crippen molar-refractivity contribution >= 4 is 15.9 Å². The fourth-order valence-corrected chi connectivity index (χ4v) is 1.89. The molecule has 2 rings (SSSR count). The van der Waals surface area contributed by atoms with Crippen molar-refractivity contribution in [2.75, 3.05) is 7.11 Å². The minimum Gasteiger partial charge on any atom is -0.507 e. The van der Waals surface area contributed by atoms with E-state index in [1.807, 2.05) is 24.3 Å². The molecule has 1 N–H and O–H groups in total. The lowest BCUT2D eigenvalue weighted by molar-refractivity contribution is 0.298. The van der Waals surface area contributed by atoms with Crippen LogP contribution in [0.15, 0.2) is 46.9 Å². The maximum absolute atomic E-state index is 9.79. The maximum atomic E-state index is 9.79. The zero-order valence-electron chi connectivity index (χ0n) is 9.89. The van der Waals surface area contributed by atoms with E-state index < -0.39 is 0 Å². The van der Waals surface area contributed by atoms with Crippen LogP contribution in [0.4, 0.5) is 0 Å². The van der Waals surface area contributed by atoms with Crippen LogP contribution < -0.4 is 9.47 Å². The maximum Gasteiger partial charge on any atom is 0.125 e. The lowest BCUT2D eigenvalue weighted by atomic mass is 10.2. The van der Waals surface area contributed by atoms with Gasteiger partial charge in [-0.1, -0.05) is 22.0 Å². The quantitative estimate of drug-likeness (QED) is 0.935. The molecule has 0 aliphatic heterocycles. The second-order valence-electron chi connectivity index (χ2n) is 3.74. The first-order valence-corrected chi connectivity index (χ1v) is 6.22. The molecule has 0 saturated heterocycles. The van der Waals surface area contributed by atoms with Crippen LogP contribution in [0.1, 0.15) is 5.56 Å². The Hall–Kier alpha value is -1.68. The van der Waals surface area contributed by atoms with Crippen molar-refractivity contribution < 1.29 is 14.6 Å². The average molecular weight is 309 g/mol. The Balaban J connectivity index is 2.06. The average Bonchev–Trinajstić information content (AvgIpc) is 2.37. The summed E-state index contributed by atoms with van der Waals surface area (Å²) in [6, 6.07) is 12.7. The summed E-state index contributed by atoms with van der Waals surface area (Å²) in [5.74, 6) is 1.54. The standard InChI is InChI=1S/C14H13BrO3/c1-17-12-6-5-10(14(16)8-12)9-18-13-4-2-3-11(15)7-13/h2-8,16H,9H2,1H3. The van der Waals surface area contributed by atoms with Gasteiger partial charge in [0.05, 0.1) is 7.11 Å². The van der Waals surface area contributed by atoms with E-state index >= 15 is 0 Å². The van der Waals surface area contributed by atoms with Crippen LogP contribution in [0.25, 0.3) is 0 Å². The summed E-state index contributed by atoms with van der Waals surface area (Å²) in [4.78, 5) is 0. The summed E-state index contributed by atoms with van der Waals surface area (Å²) in [5.41, 5.74) is 0.718. The molecule has 4 heteroatoms. The minimum absolute atomic E-state index is 0.171. The molecule has 18 heavy (non-hydrogen) atoms. The van der Waals surface area contributed by atoms with Gasteiger partial charge in [-0.3, -0.25) is 0 Å². The van der Waals surface area contributed by atoms with Crippen LogP contribution in [0.2, 0.25) is 0 Å². The first-order valence-electron chi connectivity index (χ1n) is 5.43. The van der Waals surface area contributed by atoms with Crippen molar-refractivity contribution in [1.82, 2.24) is 0 Å². The Morgan fingerprint density at radius 3 is 2.61 bits per heavy atom. The summed E-state index contributed by atoms with van der Waals surface area (Å²) in [5, 5.41) is 9.79. The fraction of sp³-hybridized carbons (Fsp3) is 0.143. The second-order valence-corrected chi connectivity index (χ2v) is 4.66. The molecule has 0 aliphatic rings. The van der Waals surface area contributed by atoms with Gasteiger partial charge in [-0.05, 0) is 30.3 Å². The highest BCUT2D eigenvalue weighted by Gasteiger charge is 2.04. The Morgan fingerprint density at radius 1 is 1.11 bits per heavy atom. The minimum atomic E-state index is 0.171. The van der Waals surface area contributed by atoms with Gasteiger partial charge in [0.25, 0.3) is 0 Å². The van der Waals surface area contributed by atoms with Crippen molar-refractivity contribution in [1.29, 1.82) is 0 Å². The van der Waals surface area contributed by atoms with Gasteiger partial charge < -0.3 is 14.6 Å². The molecule has 0 bridgehead atoms.